The molecule has 0 spiro atoms. The van der Waals surface area contributed by atoms with Crippen molar-refractivity contribution in [1.29, 1.82) is 0 Å². The standard InChI is InChI=1S/C12H16O2/c1-2-3-9-4-5-12-10(8-9)11(13)6-7-14-12/h4-5,8,11,13H,2-3,6-7H2,1H3/t11-/m0/s1. The second-order valence-electron chi connectivity index (χ2n) is 3.78. The molecule has 0 bridgehead atoms. The Balaban J connectivity index is 2.31. The van der Waals surface area contributed by atoms with E-state index in [9.17, 15) is 5.11 Å². The molecule has 1 heterocycles. The van der Waals surface area contributed by atoms with Crippen LogP contribution in [0.15, 0.2) is 18.2 Å². The van der Waals surface area contributed by atoms with E-state index in [0.29, 0.717) is 13.0 Å². The monoisotopic (exact) mass is 192 g/mol. The average molecular weight is 192 g/mol. The van der Waals surface area contributed by atoms with E-state index < -0.39 is 0 Å². The maximum absolute atomic E-state index is 9.77. The van der Waals surface area contributed by atoms with Crippen LogP contribution in [-0.2, 0) is 6.42 Å². The van der Waals surface area contributed by atoms with Crippen molar-refractivity contribution in [2.45, 2.75) is 32.3 Å². The number of rotatable bonds is 2. The van der Waals surface area contributed by atoms with Crippen LogP contribution in [0.5, 0.6) is 5.75 Å². The van der Waals surface area contributed by atoms with Crippen LogP contribution in [0.4, 0.5) is 0 Å². The Morgan fingerprint density at radius 3 is 3.14 bits per heavy atom. The van der Waals surface area contributed by atoms with Crippen LogP contribution in [0.3, 0.4) is 0 Å². The highest BCUT2D eigenvalue weighted by molar-refractivity contribution is 5.40. The Kier molecular flexibility index (Phi) is 2.73. The maximum atomic E-state index is 9.77. The van der Waals surface area contributed by atoms with Crippen LogP contribution >= 0.6 is 0 Å². The zero-order valence-electron chi connectivity index (χ0n) is 8.49. The molecule has 1 aromatic rings. The third-order valence-electron chi connectivity index (χ3n) is 2.62. The number of hydrogen-bond acceptors (Lipinski definition) is 2. The number of hydrogen-bond donors (Lipinski definition) is 1. The third kappa shape index (κ3) is 1.75. The van der Waals surface area contributed by atoms with Crippen LogP contribution in [-0.4, -0.2) is 11.7 Å². The topological polar surface area (TPSA) is 29.5 Å². The summed E-state index contributed by atoms with van der Waals surface area (Å²) in [6.07, 6.45) is 2.58. The summed E-state index contributed by atoms with van der Waals surface area (Å²) in [4.78, 5) is 0. The van der Waals surface area contributed by atoms with Gasteiger partial charge in [-0.1, -0.05) is 19.4 Å². The maximum Gasteiger partial charge on any atom is 0.125 e. The van der Waals surface area contributed by atoms with E-state index in [4.69, 9.17) is 4.74 Å². The molecule has 2 rings (SSSR count). The molecule has 1 atom stereocenters. The van der Waals surface area contributed by atoms with Crippen molar-refractivity contribution >= 4 is 0 Å². The van der Waals surface area contributed by atoms with Crippen LogP contribution < -0.4 is 4.74 Å². The highest BCUT2D eigenvalue weighted by Gasteiger charge is 2.18. The summed E-state index contributed by atoms with van der Waals surface area (Å²) >= 11 is 0. The second-order valence-corrected chi connectivity index (χ2v) is 3.78. The van der Waals surface area contributed by atoms with Gasteiger partial charge in [0.2, 0.25) is 0 Å². The molecule has 1 aliphatic heterocycles. The lowest BCUT2D eigenvalue weighted by molar-refractivity contribution is 0.115. The van der Waals surface area contributed by atoms with Crippen molar-refractivity contribution in [3.63, 3.8) is 0 Å². The third-order valence-corrected chi connectivity index (χ3v) is 2.62. The molecule has 0 saturated carbocycles. The van der Waals surface area contributed by atoms with Gasteiger partial charge >= 0.3 is 0 Å². The lowest BCUT2D eigenvalue weighted by Gasteiger charge is -2.22. The minimum absolute atomic E-state index is 0.337. The van der Waals surface area contributed by atoms with Gasteiger partial charge in [-0.05, 0) is 24.1 Å². The first-order valence-corrected chi connectivity index (χ1v) is 5.25. The fraction of sp³-hybridized carbons (Fsp3) is 0.500. The summed E-state index contributed by atoms with van der Waals surface area (Å²) in [7, 11) is 0. The fourth-order valence-electron chi connectivity index (χ4n) is 1.87. The molecule has 1 N–H and O–H groups in total. The molecule has 0 unspecified atom stereocenters. The van der Waals surface area contributed by atoms with Crippen molar-refractivity contribution in [3.8, 4) is 5.75 Å². The molecule has 1 aliphatic rings. The van der Waals surface area contributed by atoms with Gasteiger partial charge in [0.25, 0.3) is 0 Å². The predicted molar refractivity (Wildman–Crippen MR) is 55.5 cm³/mol. The average Bonchev–Trinajstić information content (AvgIpc) is 2.20. The van der Waals surface area contributed by atoms with Gasteiger partial charge in [-0.25, -0.2) is 0 Å². The highest BCUT2D eigenvalue weighted by atomic mass is 16.5. The van der Waals surface area contributed by atoms with Crippen LogP contribution in [0, 0.1) is 0 Å². The van der Waals surface area contributed by atoms with E-state index >= 15 is 0 Å². The van der Waals surface area contributed by atoms with Crippen LogP contribution in [0.2, 0.25) is 0 Å². The SMILES string of the molecule is CCCc1ccc2c(c1)[C@@H](O)CCO2. The van der Waals surface area contributed by atoms with Gasteiger partial charge in [0, 0.05) is 12.0 Å². The summed E-state index contributed by atoms with van der Waals surface area (Å²) in [5, 5.41) is 9.77. The van der Waals surface area contributed by atoms with Crippen molar-refractivity contribution in [2.24, 2.45) is 0 Å². The molecular formula is C12H16O2. The van der Waals surface area contributed by atoms with Crippen molar-refractivity contribution in [2.75, 3.05) is 6.61 Å². The van der Waals surface area contributed by atoms with E-state index in [1.165, 1.54) is 5.56 Å². The molecule has 2 heteroatoms. The molecule has 2 nitrogen and oxygen atoms in total. The zero-order valence-corrected chi connectivity index (χ0v) is 8.49. The van der Waals surface area contributed by atoms with E-state index in [1.807, 2.05) is 6.07 Å². The van der Waals surface area contributed by atoms with Gasteiger partial charge in [-0.3, -0.25) is 0 Å². The minimum atomic E-state index is -0.337. The smallest absolute Gasteiger partial charge is 0.125 e. The Morgan fingerprint density at radius 2 is 2.36 bits per heavy atom. The Morgan fingerprint density at radius 1 is 1.50 bits per heavy atom. The van der Waals surface area contributed by atoms with Crippen LogP contribution in [0.1, 0.15) is 37.0 Å². The molecule has 0 saturated heterocycles. The fourth-order valence-corrected chi connectivity index (χ4v) is 1.87. The van der Waals surface area contributed by atoms with E-state index in [1.54, 1.807) is 0 Å². The lowest BCUT2D eigenvalue weighted by Crippen LogP contribution is -2.13. The quantitative estimate of drug-likeness (QED) is 0.780. The number of ether oxygens (including phenoxy) is 1. The van der Waals surface area contributed by atoms with Crippen molar-refractivity contribution < 1.29 is 9.84 Å². The van der Waals surface area contributed by atoms with Crippen LogP contribution in [0.25, 0.3) is 0 Å². The molecule has 0 amide bonds. The second kappa shape index (κ2) is 4.01. The zero-order chi connectivity index (χ0) is 9.97. The molecule has 0 radical (unpaired) electrons. The van der Waals surface area contributed by atoms with E-state index in [-0.39, 0.29) is 6.10 Å². The first kappa shape index (κ1) is 9.53. The first-order valence-electron chi connectivity index (χ1n) is 5.25. The molecule has 14 heavy (non-hydrogen) atoms. The summed E-state index contributed by atoms with van der Waals surface area (Å²) in [6.45, 7) is 2.79. The Hall–Kier alpha value is -1.02. The van der Waals surface area contributed by atoms with Crippen molar-refractivity contribution in [1.82, 2.24) is 0 Å². The number of aliphatic hydroxyl groups excluding tert-OH is 1. The molecule has 0 aromatic heterocycles. The van der Waals surface area contributed by atoms with Gasteiger partial charge in [0.05, 0.1) is 12.7 Å². The molecule has 76 valence electrons. The van der Waals surface area contributed by atoms with E-state index in [2.05, 4.69) is 19.1 Å². The summed E-state index contributed by atoms with van der Waals surface area (Å²) in [5.41, 5.74) is 2.25. The van der Waals surface area contributed by atoms with Gasteiger partial charge in [-0.15, -0.1) is 0 Å². The molecule has 0 fully saturated rings. The van der Waals surface area contributed by atoms with Gasteiger partial charge in [0.1, 0.15) is 5.75 Å². The molecule has 0 aliphatic carbocycles. The molecular weight excluding hydrogens is 176 g/mol. The lowest BCUT2D eigenvalue weighted by atomic mass is 9.99. The van der Waals surface area contributed by atoms with Gasteiger partial charge in [0.15, 0.2) is 0 Å². The number of aliphatic hydroxyl groups is 1. The normalized spacial score (nSPS) is 20.0. The van der Waals surface area contributed by atoms with Crippen molar-refractivity contribution in [3.05, 3.63) is 29.3 Å². The molecule has 1 aromatic carbocycles. The number of aryl methyl sites for hydroxylation is 1. The van der Waals surface area contributed by atoms with E-state index in [0.717, 1.165) is 24.2 Å². The van der Waals surface area contributed by atoms with Gasteiger partial charge in [-0.2, -0.15) is 0 Å². The predicted octanol–water partition coefficient (Wildman–Crippen LogP) is 2.46. The number of fused-ring (bicyclic) bond motifs is 1. The Labute approximate surface area is 84.5 Å². The Bertz CT molecular complexity index is 320. The summed E-state index contributed by atoms with van der Waals surface area (Å²) < 4.78 is 5.47. The summed E-state index contributed by atoms with van der Waals surface area (Å²) in [5.74, 6) is 0.851. The first-order chi connectivity index (χ1) is 6.81. The largest absolute Gasteiger partial charge is 0.493 e. The minimum Gasteiger partial charge on any atom is -0.493 e. The van der Waals surface area contributed by atoms with Gasteiger partial charge < -0.3 is 9.84 Å². The summed E-state index contributed by atoms with van der Waals surface area (Å²) in [6, 6.07) is 6.13. The highest BCUT2D eigenvalue weighted by Crippen LogP contribution is 2.32. The number of benzene rings is 1.